The number of ether oxygens (including phenoxy) is 2. The zero-order valence-corrected chi connectivity index (χ0v) is 20.5. The van der Waals surface area contributed by atoms with Gasteiger partial charge in [0.2, 0.25) is 5.16 Å². The maximum Gasteiger partial charge on any atom is 0.253 e. The number of halogens is 1. The first-order valence-electron chi connectivity index (χ1n) is 10.4. The van der Waals surface area contributed by atoms with Gasteiger partial charge in [-0.25, -0.2) is 9.50 Å². The minimum Gasteiger partial charge on any atom is -0.493 e. The Morgan fingerprint density at radius 2 is 1.85 bits per heavy atom. The molecule has 0 spiro atoms. The molecule has 0 fully saturated rings. The number of thioether (sulfide) groups is 1. The highest BCUT2D eigenvalue weighted by Gasteiger charge is 2.29. The summed E-state index contributed by atoms with van der Waals surface area (Å²) in [5.41, 5.74) is 3.59. The molecule has 168 valence electrons. The normalized spacial score (nSPS) is 15.5. The Hall–Kier alpha value is -2.91. The van der Waals surface area contributed by atoms with E-state index in [0.717, 1.165) is 21.5 Å². The van der Waals surface area contributed by atoms with E-state index >= 15 is 0 Å². The molecule has 1 aliphatic carbocycles. The summed E-state index contributed by atoms with van der Waals surface area (Å²) in [5.74, 6) is 2.66. The summed E-state index contributed by atoms with van der Waals surface area (Å²) < 4.78 is 13.4. The zero-order valence-electron chi connectivity index (χ0n) is 18.1. The molecule has 1 atom stereocenters. The summed E-state index contributed by atoms with van der Waals surface area (Å²) in [5, 5.41) is 5.16. The topological polar surface area (TPSA) is 78.6 Å². The Bertz CT molecular complexity index is 1340. The van der Waals surface area contributed by atoms with Crippen molar-refractivity contribution in [3.63, 3.8) is 0 Å². The number of nitrogens with zero attached hydrogens (tertiary/aromatic N) is 4. The lowest BCUT2D eigenvalue weighted by Gasteiger charge is -2.23. The van der Waals surface area contributed by atoms with E-state index in [-0.39, 0.29) is 11.7 Å². The first-order chi connectivity index (χ1) is 16.0. The molecule has 0 unspecified atom stereocenters. The van der Waals surface area contributed by atoms with Crippen molar-refractivity contribution in [2.45, 2.75) is 29.7 Å². The number of hydrogen-bond acceptors (Lipinski definition) is 7. The summed E-state index contributed by atoms with van der Waals surface area (Å²) in [7, 11) is 3.22. The Balaban J connectivity index is 1.39. The second-order valence-electron chi connectivity index (χ2n) is 7.80. The highest BCUT2D eigenvalue weighted by molar-refractivity contribution is 9.10. The molecule has 33 heavy (non-hydrogen) atoms. The summed E-state index contributed by atoms with van der Waals surface area (Å²) >= 11 is 5.00. The van der Waals surface area contributed by atoms with Crippen LogP contribution in [0.4, 0.5) is 0 Å². The largest absolute Gasteiger partial charge is 0.493 e. The number of methoxy groups -OCH3 is 2. The van der Waals surface area contributed by atoms with Crippen LogP contribution in [-0.4, -0.2) is 39.6 Å². The molecule has 7 nitrogen and oxygen atoms in total. The lowest BCUT2D eigenvalue weighted by Crippen LogP contribution is -2.21. The monoisotopic (exact) mass is 524 g/mol. The number of hydrogen-bond donors (Lipinski definition) is 0. The van der Waals surface area contributed by atoms with Crippen molar-refractivity contribution < 1.29 is 14.3 Å². The fourth-order valence-electron chi connectivity index (χ4n) is 4.00. The van der Waals surface area contributed by atoms with Gasteiger partial charge in [0, 0.05) is 22.8 Å². The van der Waals surface area contributed by atoms with E-state index in [1.807, 2.05) is 30.3 Å². The average Bonchev–Trinajstić information content (AvgIpc) is 3.23. The third-order valence-electron chi connectivity index (χ3n) is 5.72. The van der Waals surface area contributed by atoms with Gasteiger partial charge in [-0.05, 0) is 47.7 Å². The van der Waals surface area contributed by atoms with Crippen LogP contribution in [0.2, 0.25) is 0 Å². The molecule has 0 aliphatic heterocycles. The minimum atomic E-state index is 0.0222. The molecule has 2 heterocycles. The van der Waals surface area contributed by atoms with Crippen molar-refractivity contribution in [1.82, 2.24) is 19.6 Å². The predicted octanol–water partition coefficient (Wildman–Crippen LogP) is 5.11. The molecular weight excluding hydrogens is 504 g/mol. The summed E-state index contributed by atoms with van der Waals surface area (Å²) in [4.78, 5) is 22.2. The van der Waals surface area contributed by atoms with Crippen LogP contribution in [0.15, 0.2) is 58.3 Å². The quantitative estimate of drug-likeness (QED) is 0.324. The number of carbonyl (C=O) groups excluding carboxylic acids is 1. The fraction of sp³-hybridized carbons (Fsp3) is 0.250. The maximum absolute atomic E-state index is 13.0. The van der Waals surface area contributed by atoms with Crippen LogP contribution in [0.25, 0.3) is 5.78 Å². The molecular formula is C24H21BrN4O3S. The molecule has 0 saturated carbocycles. The molecule has 5 rings (SSSR count). The second-order valence-corrected chi connectivity index (χ2v) is 9.66. The van der Waals surface area contributed by atoms with E-state index < -0.39 is 0 Å². The van der Waals surface area contributed by atoms with E-state index in [2.05, 4.69) is 38.1 Å². The fourth-order valence-corrected chi connectivity index (χ4v) is 5.04. The molecule has 4 aromatic rings. The Morgan fingerprint density at radius 3 is 2.61 bits per heavy atom. The summed E-state index contributed by atoms with van der Waals surface area (Å²) in [6, 6.07) is 14.0. The summed E-state index contributed by atoms with van der Waals surface area (Å²) in [6.07, 6.45) is 2.83. The van der Waals surface area contributed by atoms with Crippen molar-refractivity contribution in [3.05, 3.63) is 75.5 Å². The molecule has 0 amide bonds. The van der Waals surface area contributed by atoms with Crippen LogP contribution in [0.3, 0.4) is 0 Å². The number of aromatic nitrogens is 4. The first-order valence-corrected chi connectivity index (χ1v) is 12.2. The van der Waals surface area contributed by atoms with E-state index in [0.29, 0.717) is 40.8 Å². The summed E-state index contributed by atoms with van der Waals surface area (Å²) in [6.45, 7) is 0. The number of carbonyl (C=O) groups is 1. The molecule has 1 aliphatic rings. The molecule has 0 saturated heterocycles. The highest BCUT2D eigenvalue weighted by Crippen LogP contribution is 2.36. The molecule has 0 N–H and O–H groups in total. The number of fused-ring (bicyclic) bond motifs is 2. The van der Waals surface area contributed by atoms with E-state index in [9.17, 15) is 4.79 Å². The Labute approximate surface area is 203 Å². The van der Waals surface area contributed by atoms with Crippen LogP contribution in [0, 0.1) is 0 Å². The smallest absolute Gasteiger partial charge is 0.253 e. The van der Waals surface area contributed by atoms with Gasteiger partial charge in [-0.15, -0.1) is 5.10 Å². The third-order valence-corrected chi connectivity index (χ3v) is 7.16. The third kappa shape index (κ3) is 4.47. The average molecular weight is 525 g/mol. The lowest BCUT2D eigenvalue weighted by molar-refractivity contribution is 0.0962. The van der Waals surface area contributed by atoms with Crippen molar-refractivity contribution >= 4 is 39.3 Å². The van der Waals surface area contributed by atoms with Gasteiger partial charge in [0.15, 0.2) is 17.3 Å². The van der Waals surface area contributed by atoms with Crippen LogP contribution in [0.1, 0.15) is 39.5 Å². The van der Waals surface area contributed by atoms with E-state index in [4.69, 9.17) is 14.5 Å². The first kappa shape index (κ1) is 21.9. The van der Waals surface area contributed by atoms with Gasteiger partial charge < -0.3 is 9.47 Å². The van der Waals surface area contributed by atoms with Crippen LogP contribution in [-0.2, 0) is 12.2 Å². The number of Topliss-reactive ketones (excluding diaryl/α,β-unsaturated/α-hetero) is 1. The molecule has 9 heteroatoms. The van der Waals surface area contributed by atoms with Crippen LogP contribution in [0.5, 0.6) is 11.5 Å². The molecule has 0 radical (unpaired) electrons. The molecule has 2 aromatic carbocycles. The van der Waals surface area contributed by atoms with Gasteiger partial charge in [-0.1, -0.05) is 45.9 Å². The number of rotatable bonds is 6. The van der Waals surface area contributed by atoms with E-state index in [1.54, 1.807) is 36.7 Å². The number of benzene rings is 2. The van der Waals surface area contributed by atoms with Gasteiger partial charge in [0.1, 0.15) is 0 Å². The molecule has 0 bridgehead atoms. The standard InChI is InChI=1S/C24H21BrN4O3S/c1-31-21-8-5-15(11-22(21)32-2)16-9-19-18(20(30)10-16)12-29-23(26-19)27-24(28-29)33-13-14-3-6-17(25)7-4-14/h3-8,11-12,16H,9-10,13H2,1-2H3/t16-/m1/s1. The van der Waals surface area contributed by atoms with E-state index in [1.165, 1.54) is 5.56 Å². The minimum absolute atomic E-state index is 0.0222. The predicted molar refractivity (Wildman–Crippen MR) is 129 cm³/mol. The van der Waals surface area contributed by atoms with Gasteiger partial charge in [-0.2, -0.15) is 4.98 Å². The molecule has 2 aromatic heterocycles. The van der Waals surface area contributed by atoms with Crippen LogP contribution >= 0.6 is 27.7 Å². The van der Waals surface area contributed by atoms with Gasteiger partial charge in [0.25, 0.3) is 5.78 Å². The maximum atomic E-state index is 13.0. The van der Waals surface area contributed by atoms with Crippen molar-refractivity contribution in [1.29, 1.82) is 0 Å². The Morgan fingerprint density at radius 1 is 1.06 bits per heavy atom. The highest BCUT2D eigenvalue weighted by atomic mass is 79.9. The SMILES string of the molecule is COc1ccc([C@H]2CC(=O)c3cn4nc(SCc5ccc(Br)cc5)nc4nc3C2)cc1OC. The zero-order chi connectivity index (χ0) is 22.9. The van der Waals surface area contributed by atoms with Gasteiger partial charge in [0.05, 0.1) is 25.5 Å². The van der Waals surface area contributed by atoms with Crippen molar-refractivity contribution in [2.24, 2.45) is 0 Å². The lowest BCUT2D eigenvalue weighted by atomic mass is 9.82. The van der Waals surface area contributed by atoms with Crippen molar-refractivity contribution in [3.8, 4) is 11.5 Å². The van der Waals surface area contributed by atoms with Gasteiger partial charge >= 0.3 is 0 Å². The number of ketones is 1. The van der Waals surface area contributed by atoms with Gasteiger partial charge in [-0.3, -0.25) is 4.79 Å². The Kier molecular flexibility index (Phi) is 6.07. The van der Waals surface area contributed by atoms with Crippen molar-refractivity contribution in [2.75, 3.05) is 14.2 Å². The second kappa shape index (κ2) is 9.15. The van der Waals surface area contributed by atoms with Crippen LogP contribution < -0.4 is 9.47 Å².